The van der Waals surface area contributed by atoms with E-state index < -0.39 is 9.84 Å². The van der Waals surface area contributed by atoms with Crippen LogP contribution in [0.15, 0.2) is 30.5 Å². The first-order chi connectivity index (χ1) is 14.3. The van der Waals surface area contributed by atoms with Crippen LogP contribution in [0, 0.1) is 13.8 Å². The summed E-state index contributed by atoms with van der Waals surface area (Å²) in [6.07, 6.45) is 4.39. The van der Waals surface area contributed by atoms with Crippen LogP contribution in [0.5, 0.6) is 0 Å². The van der Waals surface area contributed by atoms with Gasteiger partial charge in [-0.15, -0.1) is 0 Å². The monoisotopic (exact) mass is 424 g/mol. The Morgan fingerprint density at radius 1 is 1.17 bits per heavy atom. The van der Waals surface area contributed by atoms with Crippen molar-refractivity contribution in [3.05, 3.63) is 52.8 Å². The number of sulfone groups is 1. The number of carbonyl (C=O) groups excluding carboxylic acids is 1. The zero-order chi connectivity index (χ0) is 21.0. The number of fused-ring (bicyclic) bond motifs is 1. The third-order valence-electron chi connectivity index (χ3n) is 6.00. The van der Waals surface area contributed by atoms with E-state index in [0.717, 1.165) is 35.0 Å². The SMILES string of the molecule is Cc1cc(C(=O)Nc2cc(C3CC3)nn2C2CCS(=O)(=O)C2)c2nccc(C)c2c1. The quantitative estimate of drug-likeness (QED) is 0.691. The predicted octanol–water partition coefficient (Wildman–Crippen LogP) is 3.54. The highest BCUT2D eigenvalue weighted by Crippen LogP contribution is 2.41. The van der Waals surface area contributed by atoms with E-state index in [4.69, 9.17) is 0 Å². The highest BCUT2D eigenvalue weighted by molar-refractivity contribution is 7.91. The van der Waals surface area contributed by atoms with E-state index in [-0.39, 0.29) is 23.5 Å². The molecule has 5 rings (SSSR count). The highest BCUT2D eigenvalue weighted by atomic mass is 32.2. The van der Waals surface area contributed by atoms with E-state index >= 15 is 0 Å². The van der Waals surface area contributed by atoms with E-state index in [9.17, 15) is 13.2 Å². The van der Waals surface area contributed by atoms with Gasteiger partial charge in [0, 0.05) is 23.6 Å². The van der Waals surface area contributed by atoms with Gasteiger partial charge in [0.1, 0.15) is 5.82 Å². The molecule has 2 aliphatic rings. The summed E-state index contributed by atoms with van der Waals surface area (Å²) < 4.78 is 25.7. The summed E-state index contributed by atoms with van der Waals surface area (Å²) in [5, 5.41) is 8.64. The second kappa shape index (κ2) is 6.91. The number of rotatable bonds is 4. The Bertz CT molecular complexity index is 1280. The van der Waals surface area contributed by atoms with Crippen LogP contribution in [-0.2, 0) is 9.84 Å². The molecule has 0 spiro atoms. The summed E-state index contributed by atoms with van der Waals surface area (Å²) in [5.74, 6) is 0.937. The first-order valence-electron chi connectivity index (χ1n) is 10.3. The molecule has 3 heterocycles. The molecule has 0 radical (unpaired) electrons. The van der Waals surface area contributed by atoms with Gasteiger partial charge in [0.15, 0.2) is 9.84 Å². The number of aryl methyl sites for hydroxylation is 2. The summed E-state index contributed by atoms with van der Waals surface area (Å²) >= 11 is 0. The van der Waals surface area contributed by atoms with E-state index in [1.807, 2.05) is 38.1 Å². The maximum Gasteiger partial charge on any atom is 0.259 e. The first-order valence-corrected chi connectivity index (χ1v) is 12.1. The Kier molecular flexibility index (Phi) is 4.43. The Hall–Kier alpha value is -2.74. The molecule has 3 aromatic rings. The summed E-state index contributed by atoms with van der Waals surface area (Å²) in [6.45, 7) is 3.96. The predicted molar refractivity (Wildman–Crippen MR) is 116 cm³/mol. The molecule has 1 N–H and O–H groups in total. The van der Waals surface area contributed by atoms with Gasteiger partial charge in [0.05, 0.1) is 34.3 Å². The van der Waals surface area contributed by atoms with Crippen molar-refractivity contribution in [2.24, 2.45) is 0 Å². The minimum atomic E-state index is -3.06. The molecule has 8 heteroatoms. The standard InChI is InChI=1S/C22H24N4O3S/c1-13-9-17-14(2)5-7-23-21(17)18(10-13)22(27)24-20-11-19(15-3-4-15)25-26(20)16-6-8-30(28,29)12-16/h5,7,9-11,15-16H,3-4,6,8,12H2,1-2H3,(H,24,27). The third kappa shape index (κ3) is 3.49. The van der Waals surface area contributed by atoms with Crippen molar-refractivity contribution in [1.82, 2.24) is 14.8 Å². The average Bonchev–Trinajstić information content (AvgIpc) is 3.36. The Labute approximate surface area is 175 Å². The van der Waals surface area contributed by atoms with Crippen molar-refractivity contribution in [1.29, 1.82) is 0 Å². The van der Waals surface area contributed by atoms with Crippen LogP contribution < -0.4 is 5.32 Å². The van der Waals surface area contributed by atoms with E-state index in [1.165, 1.54) is 0 Å². The summed E-state index contributed by atoms with van der Waals surface area (Å²) in [5.41, 5.74) is 4.15. The molecule has 1 aromatic carbocycles. The summed E-state index contributed by atoms with van der Waals surface area (Å²) in [7, 11) is -3.06. The number of anilines is 1. The second-order valence-electron chi connectivity index (χ2n) is 8.52. The maximum atomic E-state index is 13.3. The van der Waals surface area contributed by atoms with Crippen LogP contribution in [-0.4, -0.2) is 40.6 Å². The van der Waals surface area contributed by atoms with Crippen molar-refractivity contribution in [2.75, 3.05) is 16.8 Å². The third-order valence-corrected chi connectivity index (χ3v) is 7.75. The molecule has 1 unspecified atom stereocenters. The van der Waals surface area contributed by atoms with Crippen molar-refractivity contribution in [2.45, 2.75) is 45.1 Å². The van der Waals surface area contributed by atoms with Crippen LogP contribution >= 0.6 is 0 Å². The topological polar surface area (TPSA) is 94.0 Å². The van der Waals surface area contributed by atoms with Gasteiger partial charge in [-0.3, -0.25) is 9.78 Å². The van der Waals surface area contributed by atoms with Crippen molar-refractivity contribution in [3.8, 4) is 0 Å². The fourth-order valence-electron chi connectivity index (χ4n) is 4.22. The fraction of sp³-hybridized carbons (Fsp3) is 0.409. The van der Waals surface area contributed by atoms with Crippen molar-refractivity contribution >= 4 is 32.5 Å². The molecule has 1 saturated heterocycles. The van der Waals surface area contributed by atoms with Gasteiger partial charge in [0.25, 0.3) is 5.91 Å². The number of aromatic nitrogens is 3. The molecule has 1 atom stereocenters. The van der Waals surface area contributed by atoms with Gasteiger partial charge in [-0.25, -0.2) is 13.1 Å². The zero-order valence-electron chi connectivity index (χ0n) is 17.1. The van der Waals surface area contributed by atoms with Crippen molar-refractivity contribution < 1.29 is 13.2 Å². The Morgan fingerprint density at radius 2 is 1.97 bits per heavy atom. The molecule has 1 aliphatic carbocycles. The number of hydrogen-bond donors (Lipinski definition) is 1. The normalized spacial score (nSPS) is 20.5. The number of benzene rings is 1. The molecule has 1 saturated carbocycles. The molecular formula is C22H24N4O3S. The lowest BCUT2D eigenvalue weighted by atomic mass is 10.0. The number of carbonyl (C=O) groups is 1. The molecule has 30 heavy (non-hydrogen) atoms. The molecule has 7 nitrogen and oxygen atoms in total. The van der Waals surface area contributed by atoms with Crippen LogP contribution in [0.3, 0.4) is 0 Å². The second-order valence-corrected chi connectivity index (χ2v) is 10.7. The van der Waals surface area contributed by atoms with E-state index in [2.05, 4.69) is 15.4 Å². The van der Waals surface area contributed by atoms with Gasteiger partial charge in [0.2, 0.25) is 0 Å². The summed E-state index contributed by atoms with van der Waals surface area (Å²) in [4.78, 5) is 17.7. The molecule has 1 amide bonds. The largest absolute Gasteiger partial charge is 0.307 e. The highest BCUT2D eigenvalue weighted by Gasteiger charge is 2.34. The number of nitrogens with zero attached hydrogens (tertiary/aromatic N) is 3. The average molecular weight is 425 g/mol. The first kappa shape index (κ1) is 19.2. The van der Waals surface area contributed by atoms with Crippen molar-refractivity contribution in [3.63, 3.8) is 0 Å². The molecule has 0 bridgehead atoms. The molecular weight excluding hydrogens is 400 g/mol. The number of nitrogens with one attached hydrogen (secondary N) is 1. The smallest absolute Gasteiger partial charge is 0.259 e. The summed E-state index contributed by atoms with van der Waals surface area (Å²) in [6, 6.07) is 7.46. The molecule has 2 fully saturated rings. The molecule has 156 valence electrons. The maximum absolute atomic E-state index is 13.3. The number of hydrogen-bond acceptors (Lipinski definition) is 5. The van der Waals surface area contributed by atoms with Crippen LogP contribution in [0.25, 0.3) is 10.9 Å². The Balaban J connectivity index is 1.53. The van der Waals surface area contributed by atoms with Crippen LogP contribution in [0.4, 0.5) is 5.82 Å². The van der Waals surface area contributed by atoms with Gasteiger partial charge in [-0.2, -0.15) is 5.10 Å². The fourth-order valence-corrected chi connectivity index (χ4v) is 5.91. The molecule has 2 aromatic heterocycles. The number of pyridine rings is 1. The lowest BCUT2D eigenvalue weighted by molar-refractivity contribution is 0.102. The lowest BCUT2D eigenvalue weighted by Gasteiger charge is -2.15. The zero-order valence-corrected chi connectivity index (χ0v) is 17.9. The van der Waals surface area contributed by atoms with Crippen LogP contribution in [0.2, 0.25) is 0 Å². The van der Waals surface area contributed by atoms with Gasteiger partial charge in [-0.1, -0.05) is 0 Å². The van der Waals surface area contributed by atoms with E-state index in [0.29, 0.717) is 29.2 Å². The minimum absolute atomic E-state index is 0.0653. The minimum Gasteiger partial charge on any atom is -0.307 e. The molecule has 1 aliphatic heterocycles. The van der Waals surface area contributed by atoms with Crippen LogP contribution in [0.1, 0.15) is 58.4 Å². The van der Waals surface area contributed by atoms with Gasteiger partial charge >= 0.3 is 0 Å². The van der Waals surface area contributed by atoms with Gasteiger partial charge < -0.3 is 5.32 Å². The van der Waals surface area contributed by atoms with E-state index in [1.54, 1.807) is 10.9 Å². The lowest BCUT2D eigenvalue weighted by Crippen LogP contribution is -2.20. The van der Waals surface area contributed by atoms with Gasteiger partial charge in [-0.05, 0) is 62.4 Å². The number of amides is 1. The Morgan fingerprint density at radius 3 is 2.67 bits per heavy atom.